The number of hydrogen-bond donors (Lipinski definition) is 2. The zero-order valence-electron chi connectivity index (χ0n) is 11.7. The van der Waals surface area contributed by atoms with Gasteiger partial charge >= 0.3 is 0 Å². The van der Waals surface area contributed by atoms with Crippen LogP contribution in [0.15, 0.2) is 42.5 Å². The van der Waals surface area contributed by atoms with Crippen LogP contribution in [0.5, 0.6) is 5.75 Å². The summed E-state index contributed by atoms with van der Waals surface area (Å²) in [6.45, 7) is 0.377. The maximum atomic E-state index is 11.7. The van der Waals surface area contributed by atoms with Gasteiger partial charge in [0, 0.05) is 27.7 Å². The number of aliphatic hydroxyl groups is 1. The van der Waals surface area contributed by atoms with Crippen LogP contribution in [-0.4, -0.2) is 24.2 Å². The normalized spacial score (nSPS) is 10.3. The summed E-state index contributed by atoms with van der Waals surface area (Å²) in [7, 11) is 0. The molecule has 0 saturated carbocycles. The van der Waals surface area contributed by atoms with Crippen molar-refractivity contribution in [1.82, 2.24) is 5.32 Å². The van der Waals surface area contributed by atoms with Gasteiger partial charge in [-0.3, -0.25) is 4.79 Å². The molecule has 0 aliphatic heterocycles. The minimum atomic E-state index is -0.241. The smallest absolute Gasteiger partial charge is 0.251 e. The Morgan fingerprint density at radius 2 is 1.73 bits per heavy atom. The van der Waals surface area contributed by atoms with Gasteiger partial charge in [0.25, 0.3) is 5.91 Å². The van der Waals surface area contributed by atoms with Crippen molar-refractivity contribution in [2.45, 2.75) is 6.61 Å². The lowest BCUT2D eigenvalue weighted by atomic mass is 10.2. The van der Waals surface area contributed by atoms with E-state index in [-0.39, 0.29) is 25.7 Å². The Balaban J connectivity index is 1.98. The molecule has 0 spiro atoms. The third-order valence-corrected chi connectivity index (χ3v) is 3.67. The molecule has 0 heterocycles. The Labute approximate surface area is 138 Å². The van der Waals surface area contributed by atoms with Crippen LogP contribution in [0.25, 0.3) is 0 Å². The summed E-state index contributed by atoms with van der Waals surface area (Å²) < 4.78 is 5.63. The first kappa shape index (κ1) is 16.6. The Kier molecular flexibility index (Phi) is 6.07. The van der Waals surface area contributed by atoms with Crippen LogP contribution < -0.4 is 10.1 Å². The van der Waals surface area contributed by atoms with Crippen LogP contribution in [0.2, 0.25) is 10.0 Å². The van der Waals surface area contributed by atoms with E-state index in [1.165, 1.54) is 0 Å². The number of hydrogen-bond acceptors (Lipinski definition) is 3. The molecular formula is C16H15Cl2NO3. The molecule has 0 aromatic heterocycles. The zero-order chi connectivity index (χ0) is 15.9. The van der Waals surface area contributed by atoms with Crippen LogP contribution in [0.4, 0.5) is 0 Å². The predicted octanol–water partition coefficient (Wildman–Crippen LogP) is 3.29. The lowest BCUT2D eigenvalue weighted by Crippen LogP contribution is -2.26. The van der Waals surface area contributed by atoms with Crippen molar-refractivity contribution in [3.8, 4) is 5.75 Å². The Morgan fingerprint density at radius 1 is 1.09 bits per heavy atom. The third-order valence-electron chi connectivity index (χ3n) is 2.96. The van der Waals surface area contributed by atoms with E-state index in [1.807, 2.05) is 0 Å². The minimum absolute atomic E-state index is 0.0917. The fraction of sp³-hybridized carbons (Fsp3) is 0.188. The molecule has 0 fully saturated rings. The summed E-state index contributed by atoms with van der Waals surface area (Å²) in [5.41, 5.74) is 1.21. The van der Waals surface area contributed by atoms with Crippen molar-refractivity contribution in [2.24, 2.45) is 0 Å². The highest BCUT2D eigenvalue weighted by atomic mass is 35.5. The van der Waals surface area contributed by atoms with Gasteiger partial charge in [0.15, 0.2) is 0 Å². The molecule has 0 aliphatic rings. The largest absolute Gasteiger partial charge is 0.489 e. The molecule has 0 saturated heterocycles. The van der Waals surface area contributed by atoms with Gasteiger partial charge in [0.1, 0.15) is 12.4 Å². The first-order valence-corrected chi connectivity index (χ1v) is 7.42. The number of carbonyl (C=O) groups is 1. The Morgan fingerprint density at radius 3 is 2.32 bits per heavy atom. The number of amides is 1. The van der Waals surface area contributed by atoms with E-state index in [2.05, 4.69) is 5.32 Å². The minimum Gasteiger partial charge on any atom is -0.489 e. The summed E-state index contributed by atoms with van der Waals surface area (Å²) in [6.07, 6.45) is 0. The number of benzene rings is 2. The summed E-state index contributed by atoms with van der Waals surface area (Å²) in [5.74, 6) is 0.365. The van der Waals surface area contributed by atoms with Crippen molar-refractivity contribution < 1.29 is 14.6 Å². The van der Waals surface area contributed by atoms with E-state index in [9.17, 15) is 4.79 Å². The van der Waals surface area contributed by atoms with Gasteiger partial charge in [-0.2, -0.15) is 0 Å². The average molecular weight is 340 g/mol. The van der Waals surface area contributed by atoms with E-state index in [0.29, 0.717) is 21.4 Å². The van der Waals surface area contributed by atoms with E-state index in [4.69, 9.17) is 33.0 Å². The molecule has 0 radical (unpaired) electrons. The molecule has 0 bridgehead atoms. The highest BCUT2D eigenvalue weighted by Crippen LogP contribution is 2.25. The van der Waals surface area contributed by atoms with Gasteiger partial charge in [-0.15, -0.1) is 0 Å². The maximum absolute atomic E-state index is 11.7. The van der Waals surface area contributed by atoms with Crippen LogP contribution in [-0.2, 0) is 6.61 Å². The molecule has 6 heteroatoms. The zero-order valence-corrected chi connectivity index (χ0v) is 13.2. The summed E-state index contributed by atoms with van der Waals surface area (Å²) >= 11 is 12.1. The molecule has 2 rings (SSSR count). The highest BCUT2D eigenvalue weighted by Gasteiger charge is 2.07. The summed E-state index contributed by atoms with van der Waals surface area (Å²) in [6, 6.07) is 12.0. The topological polar surface area (TPSA) is 58.6 Å². The lowest BCUT2D eigenvalue weighted by molar-refractivity contribution is 0.0944. The standard InChI is InChI=1S/C16H15Cl2NO3/c17-14-2-1-3-15(18)13(14)10-22-12-6-4-11(5-7-12)16(21)19-8-9-20/h1-7,20H,8-10H2,(H,19,21). The number of halogens is 2. The van der Waals surface area contributed by atoms with Crippen LogP contribution in [0, 0.1) is 0 Å². The molecule has 2 N–H and O–H groups in total. The molecule has 2 aromatic rings. The summed E-state index contributed by atoms with van der Waals surface area (Å²) in [5, 5.41) is 12.3. The van der Waals surface area contributed by atoms with Gasteiger partial charge in [0.2, 0.25) is 0 Å². The van der Waals surface area contributed by atoms with Gasteiger partial charge in [-0.1, -0.05) is 29.3 Å². The third kappa shape index (κ3) is 4.37. The van der Waals surface area contributed by atoms with Crippen LogP contribution in [0.1, 0.15) is 15.9 Å². The van der Waals surface area contributed by atoms with Gasteiger partial charge in [-0.25, -0.2) is 0 Å². The molecule has 0 unspecified atom stereocenters. The second-order valence-electron chi connectivity index (χ2n) is 4.49. The molecule has 116 valence electrons. The van der Waals surface area contributed by atoms with E-state index in [0.717, 1.165) is 5.56 Å². The number of nitrogens with one attached hydrogen (secondary N) is 1. The molecule has 4 nitrogen and oxygen atoms in total. The monoisotopic (exact) mass is 339 g/mol. The summed E-state index contributed by atoms with van der Waals surface area (Å²) in [4.78, 5) is 11.7. The number of aliphatic hydroxyl groups excluding tert-OH is 1. The fourth-order valence-corrected chi connectivity index (χ4v) is 2.31. The second-order valence-corrected chi connectivity index (χ2v) is 5.31. The van der Waals surface area contributed by atoms with Crippen molar-refractivity contribution >= 4 is 29.1 Å². The van der Waals surface area contributed by atoms with Crippen molar-refractivity contribution in [1.29, 1.82) is 0 Å². The van der Waals surface area contributed by atoms with E-state index in [1.54, 1.807) is 42.5 Å². The predicted molar refractivity (Wildman–Crippen MR) is 86.7 cm³/mol. The molecule has 0 aliphatic carbocycles. The Hall–Kier alpha value is -1.75. The molecule has 0 atom stereocenters. The second kappa shape index (κ2) is 8.03. The van der Waals surface area contributed by atoms with Crippen molar-refractivity contribution in [2.75, 3.05) is 13.2 Å². The molecular weight excluding hydrogens is 325 g/mol. The number of carbonyl (C=O) groups excluding carboxylic acids is 1. The van der Waals surface area contributed by atoms with Gasteiger partial charge < -0.3 is 15.2 Å². The first-order valence-electron chi connectivity index (χ1n) is 6.66. The van der Waals surface area contributed by atoms with E-state index >= 15 is 0 Å². The maximum Gasteiger partial charge on any atom is 0.251 e. The Bertz CT molecular complexity index is 624. The van der Waals surface area contributed by atoms with Gasteiger partial charge in [-0.05, 0) is 36.4 Å². The number of ether oxygens (including phenoxy) is 1. The SMILES string of the molecule is O=C(NCCO)c1ccc(OCc2c(Cl)cccc2Cl)cc1. The lowest BCUT2D eigenvalue weighted by Gasteiger charge is -2.10. The highest BCUT2D eigenvalue weighted by molar-refractivity contribution is 6.35. The quantitative estimate of drug-likeness (QED) is 0.848. The van der Waals surface area contributed by atoms with E-state index < -0.39 is 0 Å². The van der Waals surface area contributed by atoms with Crippen LogP contribution in [0.3, 0.4) is 0 Å². The van der Waals surface area contributed by atoms with Crippen molar-refractivity contribution in [3.63, 3.8) is 0 Å². The molecule has 22 heavy (non-hydrogen) atoms. The first-order chi connectivity index (χ1) is 10.6. The molecule has 1 amide bonds. The van der Waals surface area contributed by atoms with Crippen LogP contribution >= 0.6 is 23.2 Å². The fourth-order valence-electron chi connectivity index (χ4n) is 1.80. The molecule has 2 aromatic carbocycles. The average Bonchev–Trinajstić information content (AvgIpc) is 2.52. The number of rotatable bonds is 6. The van der Waals surface area contributed by atoms with Crippen molar-refractivity contribution in [3.05, 3.63) is 63.6 Å². The van der Waals surface area contributed by atoms with Gasteiger partial charge in [0.05, 0.1) is 6.61 Å².